The van der Waals surface area contributed by atoms with E-state index in [0.29, 0.717) is 18.1 Å². The first-order valence-electron chi connectivity index (χ1n) is 8.20. The molecule has 25 heavy (non-hydrogen) atoms. The van der Waals surface area contributed by atoms with Crippen LogP contribution < -0.4 is 15.4 Å². The van der Waals surface area contributed by atoms with Crippen LogP contribution in [0.15, 0.2) is 36.7 Å². The van der Waals surface area contributed by atoms with Gasteiger partial charge in [0.2, 0.25) is 0 Å². The summed E-state index contributed by atoms with van der Waals surface area (Å²) in [7, 11) is 5.57. The Kier molecular flexibility index (Phi) is 7.16. The lowest BCUT2D eigenvalue weighted by molar-refractivity contribution is 0.0945. The highest BCUT2D eigenvalue weighted by atomic mass is 16.5. The number of hydrogen-bond acceptors (Lipinski definition) is 6. The van der Waals surface area contributed by atoms with Gasteiger partial charge in [0.15, 0.2) is 0 Å². The molecule has 0 bridgehead atoms. The Morgan fingerprint density at radius 1 is 1.20 bits per heavy atom. The van der Waals surface area contributed by atoms with E-state index in [9.17, 15) is 4.79 Å². The van der Waals surface area contributed by atoms with Crippen molar-refractivity contribution < 1.29 is 9.53 Å². The van der Waals surface area contributed by atoms with Crippen LogP contribution >= 0.6 is 0 Å². The average molecular weight is 343 g/mol. The molecule has 1 amide bonds. The van der Waals surface area contributed by atoms with Crippen molar-refractivity contribution in [3.63, 3.8) is 0 Å². The summed E-state index contributed by atoms with van der Waals surface area (Å²) >= 11 is 0. The molecule has 1 aromatic carbocycles. The molecule has 7 heteroatoms. The third-order valence-electron chi connectivity index (χ3n) is 3.58. The molecule has 0 unspecified atom stereocenters. The number of hydrogen-bond donors (Lipinski definition) is 2. The zero-order valence-corrected chi connectivity index (χ0v) is 15.0. The molecule has 1 aromatic heterocycles. The number of aromatic nitrogens is 2. The molecule has 0 radical (unpaired) electrons. The van der Waals surface area contributed by atoms with Crippen LogP contribution in [0.25, 0.3) is 0 Å². The van der Waals surface area contributed by atoms with E-state index in [-0.39, 0.29) is 5.91 Å². The predicted molar refractivity (Wildman–Crippen MR) is 98.1 cm³/mol. The molecule has 0 fully saturated rings. The molecule has 1 heterocycles. The third kappa shape index (κ3) is 6.39. The van der Waals surface area contributed by atoms with E-state index < -0.39 is 0 Å². The summed E-state index contributed by atoms with van der Waals surface area (Å²) in [6.45, 7) is 2.08. The standard InChI is InChI=1S/C18H25N5O2/c1-23(2)10-9-20-18(24)16-12-22-17(13-21-16)19-8-7-14-5-4-6-15(11-14)25-3/h4-6,11-13H,7-10H2,1-3H3,(H,19,22)(H,20,24). The molecule has 0 saturated carbocycles. The van der Waals surface area contributed by atoms with E-state index in [2.05, 4.69) is 26.7 Å². The summed E-state index contributed by atoms with van der Waals surface area (Å²) in [6, 6.07) is 7.95. The Labute approximate surface area is 148 Å². The van der Waals surface area contributed by atoms with Crippen LogP contribution in [0.3, 0.4) is 0 Å². The van der Waals surface area contributed by atoms with Gasteiger partial charge in [-0.15, -0.1) is 0 Å². The number of benzene rings is 1. The third-order valence-corrected chi connectivity index (χ3v) is 3.58. The lowest BCUT2D eigenvalue weighted by Gasteiger charge is -2.10. The summed E-state index contributed by atoms with van der Waals surface area (Å²) < 4.78 is 5.21. The molecule has 134 valence electrons. The van der Waals surface area contributed by atoms with Gasteiger partial charge in [-0.3, -0.25) is 4.79 Å². The lowest BCUT2D eigenvalue weighted by Crippen LogP contribution is -2.31. The normalized spacial score (nSPS) is 10.6. The molecule has 2 rings (SSSR count). The molecule has 2 aromatic rings. The molecule has 0 saturated heterocycles. The number of anilines is 1. The van der Waals surface area contributed by atoms with Crippen molar-refractivity contribution in [2.24, 2.45) is 0 Å². The number of rotatable bonds is 9. The number of carbonyl (C=O) groups excluding carboxylic acids is 1. The number of methoxy groups -OCH3 is 1. The Hall–Kier alpha value is -2.67. The van der Waals surface area contributed by atoms with Crippen LogP contribution in [0.2, 0.25) is 0 Å². The summed E-state index contributed by atoms with van der Waals surface area (Å²) in [6.07, 6.45) is 3.90. The maximum atomic E-state index is 11.9. The minimum Gasteiger partial charge on any atom is -0.497 e. The van der Waals surface area contributed by atoms with Crippen molar-refractivity contribution in [1.82, 2.24) is 20.2 Å². The van der Waals surface area contributed by atoms with Crippen LogP contribution in [0.5, 0.6) is 5.75 Å². The molecule has 0 aliphatic heterocycles. The fourth-order valence-corrected chi connectivity index (χ4v) is 2.18. The van der Waals surface area contributed by atoms with Crippen molar-refractivity contribution in [3.05, 3.63) is 47.9 Å². The van der Waals surface area contributed by atoms with E-state index in [1.165, 1.54) is 11.8 Å². The van der Waals surface area contributed by atoms with Gasteiger partial charge in [0.1, 0.15) is 17.3 Å². The number of amides is 1. The summed E-state index contributed by atoms with van der Waals surface area (Å²) in [4.78, 5) is 22.3. The minimum atomic E-state index is -0.211. The van der Waals surface area contributed by atoms with Crippen molar-refractivity contribution in [1.29, 1.82) is 0 Å². The van der Waals surface area contributed by atoms with Crippen LogP contribution in [0, 0.1) is 0 Å². The first-order valence-corrected chi connectivity index (χ1v) is 8.20. The zero-order chi connectivity index (χ0) is 18.1. The summed E-state index contributed by atoms with van der Waals surface area (Å²) in [5, 5.41) is 6.01. The molecular weight excluding hydrogens is 318 g/mol. The Morgan fingerprint density at radius 2 is 2.04 bits per heavy atom. The topological polar surface area (TPSA) is 79.4 Å². The second-order valence-corrected chi connectivity index (χ2v) is 5.87. The SMILES string of the molecule is COc1cccc(CCNc2cnc(C(=O)NCCN(C)C)cn2)c1. The first kappa shape index (κ1) is 18.7. The second kappa shape index (κ2) is 9.58. The number of likely N-dealkylation sites (N-methyl/N-ethyl adjacent to an activating group) is 1. The zero-order valence-electron chi connectivity index (χ0n) is 15.0. The fraction of sp³-hybridized carbons (Fsp3) is 0.389. The van der Waals surface area contributed by atoms with E-state index in [4.69, 9.17) is 4.74 Å². The number of nitrogens with one attached hydrogen (secondary N) is 2. The van der Waals surface area contributed by atoms with Gasteiger partial charge < -0.3 is 20.3 Å². The Morgan fingerprint density at radius 3 is 2.72 bits per heavy atom. The van der Waals surface area contributed by atoms with Crippen LogP contribution in [-0.4, -0.2) is 61.6 Å². The first-order chi connectivity index (χ1) is 12.1. The molecule has 7 nitrogen and oxygen atoms in total. The Balaban J connectivity index is 1.78. The molecule has 0 atom stereocenters. The van der Waals surface area contributed by atoms with Gasteiger partial charge in [-0.25, -0.2) is 9.97 Å². The van der Waals surface area contributed by atoms with Crippen molar-refractivity contribution >= 4 is 11.7 Å². The monoisotopic (exact) mass is 343 g/mol. The quantitative estimate of drug-likeness (QED) is 0.717. The fourth-order valence-electron chi connectivity index (χ4n) is 2.18. The van der Waals surface area contributed by atoms with Gasteiger partial charge in [-0.2, -0.15) is 0 Å². The lowest BCUT2D eigenvalue weighted by atomic mass is 10.1. The molecule has 2 N–H and O–H groups in total. The van der Waals surface area contributed by atoms with Crippen molar-refractivity contribution in [3.8, 4) is 5.75 Å². The maximum Gasteiger partial charge on any atom is 0.271 e. The summed E-state index contributed by atoms with van der Waals surface area (Å²) in [5.74, 6) is 1.28. The number of ether oxygens (including phenoxy) is 1. The summed E-state index contributed by atoms with van der Waals surface area (Å²) in [5.41, 5.74) is 1.49. The van der Waals surface area contributed by atoms with E-state index in [1.54, 1.807) is 13.3 Å². The largest absolute Gasteiger partial charge is 0.497 e. The van der Waals surface area contributed by atoms with Gasteiger partial charge in [0, 0.05) is 19.6 Å². The number of carbonyl (C=O) groups is 1. The van der Waals surface area contributed by atoms with Crippen LogP contribution in [-0.2, 0) is 6.42 Å². The van der Waals surface area contributed by atoms with Crippen molar-refractivity contribution in [2.45, 2.75) is 6.42 Å². The van der Waals surface area contributed by atoms with Gasteiger partial charge in [-0.1, -0.05) is 12.1 Å². The van der Waals surface area contributed by atoms with Gasteiger partial charge in [-0.05, 0) is 38.2 Å². The maximum absolute atomic E-state index is 11.9. The van der Waals surface area contributed by atoms with Gasteiger partial charge in [0.25, 0.3) is 5.91 Å². The average Bonchev–Trinajstić information content (AvgIpc) is 2.62. The molecule has 0 aliphatic rings. The molecular formula is C18H25N5O2. The smallest absolute Gasteiger partial charge is 0.271 e. The van der Waals surface area contributed by atoms with Crippen LogP contribution in [0.1, 0.15) is 16.1 Å². The van der Waals surface area contributed by atoms with E-state index in [0.717, 1.165) is 25.3 Å². The number of nitrogens with zero attached hydrogens (tertiary/aromatic N) is 3. The van der Waals surface area contributed by atoms with Crippen molar-refractivity contribution in [2.75, 3.05) is 46.2 Å². The highest BCUT2D eigenvalue weighted by molar-refractivity contribution is 5.91. The Bertz CT molecular complexity index is 673. The highest BCUT2D eigenvalue weighted by Gasteiger charge is 2.07. The molecule has 0 spiro atoms. The van der Waals surface area contributed by atoms with Gasteiger partial charge >= 0.3 is 0 Å². The second-order valence-electron chi connectivity index (χ2n) is 5.87. The van der Waals surface area contributed by atoms with Crippen LogP contribution in [0.4, 0.5) is 5.82 Å². The van der Waals surface area contributed by atoms with Gasteiger partial charge in [0.05, 0.1) is 19.5 Å². The minimum absolute atomic E-state index is 0.211. The predicted octanol–water partition coefficient (Wildman–Crippen LogP) is 1.43. The molecule has 0 aliphatic carbocycles. The van der Waals surface area contributed by atoms with E-state index in [1.807, 2.05) is 37.2 Å². The highest BCUT2D eigenvalue weighted by Crippen LogP contribution is 2.13. The van der Waals surface area contributed by atoms with E-state index >= 15 is 0 Å².